The minimum atomic E-state index is -0.889. The van der Waals surface area contributed by atoms with Crippen molar-refractivity contribution in [2.45, 2.75) is 0 Å². The fraction of sp³-hybridized carbons (Fsp3) is 0.111. The zero-order chi connectivity index (χ0) is 27.2. The number of amides is 5. The normalized spacial score (nSPS) is 14.2. The van der Waals surface area contributed by atoms with Crippen LogP contribution in [0.15, 0.2) is 72.3 Å². The van der Waals surface area contributed by atoms with Crippen LogP contribution in [0, 0.1) is 0 Å². The topological polar surface area (TPSA) is 123 Å². The number of halogens is 1. The number of nitrogens with one attached hydrogen (secondary N) is 2. The van der Waals surface area contributed by atoms with E-state index in [0.29, 0.717) is 22.2 Å². The molecule has 2 N–H and O–H groups in total. The zero-order valence-corrected chi connectivity index (χ0v) is 21.1. The van der Waals surface area contributed by atoms with Crippen LogP contribution in [0.25, 0.3) is 6.08 Å². The number of carbonyl (C=O) groups is 4. The summed E-state index contributed by atoms with van der Waals surface area (Å²) in [6.07, 6.45) is 1.25. The molecule has 10 nitrogen and oxygen atoms in total. The molecule has 1 aliphatic heterocycles. The second-order valence-corrected chi connectivity index (χ2v) is 8.34. The fourth-order valence-electron chi connectivity index (χ4n) is 3.56. The average Bonchev–Trinajstić information content (AvgIpc) is 2.91. The van der Waals surface area contributed by atoms with Crippen molar-refractivity contribution in [3.63, 3.8) is 0 Å². The Kier molecular flexibility index (Phi) is 7.93. The molecule has 0 saturated carbocycles. The van der Waals surface area contributed by atoms with Gasteiger partial charge in [0.05, 0.1) is 19.9 Å². The van der Waals surface area contributed by atoms with Crippen molar-refractivity contribution in [3.8, 4) is 17.2 Å². The molecule has 0 unspecified atom stereocenters. The van der Waals surface area contributed by atoms with Gasteiger partial charge in [-0.3, -0.25) is 19.7 Å². The predicted octanol–water partition coefficient (Wildman–Crippen LogP) is 4.04. The summed E-state index contributed by atoms with van der Waals surface area (Å²) >= 11 is 6.14. The molecule has 3 aromatic rings. The number of hydrogen-bond acceptors (Lipinski definition) is 7. The monoisotopic (exact) mass is 535 g/mol. The van der Waals surface area contributed by atoms with Crippen LogP contribution in [-0.2, 0) is 14.4 Å². The summed E-state index contributed by atoms with van der Waals surface area (Å²) in [6.45, 7) is -0.361. The molecular formula is C27H22ClN3O7. The molecule has 5 amide bonds. The Morgan fingerprint density at radius 2 is 1.58 bits per heavy atom. The summed E-state index contributed by atoms with van der Waals surface area (Å²) in [5.74, 6) is -0.791. The van der Waals surface area contributed by atoms with Gasteiger partial charge in [-0.2, -0.15) is 0 Å². The van der Waals surface area contributed by atoms with Crippen LogP contribution < -0.4 is 29.7 Å². The van der Waals surface area contributed by atoms with Crippen LogP contribution >= 0.6 is 11.6 Å². The molecule has 1 saturated heterocycles. The number of benzene rings is 3. The molecular weight excluding hydrogens is 514 g/mol. The molecule has 0 bridgehead atoms. The van der Waals surface area contributed by atoms with E-state index in [-0.39, 0.29) is 29.2 Å². The Morgan fingerprint density at radius 3 is 2.21 bits per heavy atom. The first kappa shape index (κ1) is 26.2. The van der Waals surface area contributed by atoms with E-state index >= 15 is 0 Å². The van der Waals surface area contributed by atoms with E-state index in [1.165, 1.54) is 43.5 Å². The predicted molar refractivity (Wildman–Crippen MR) is 141 cm³/mol. The van der Waals surface area contributed by atoms with Crippen molar-refractivity contribution in [2.24, 2.45) is 0 Å². The van der Waals surface area contributed by atoms with Crippen LogP contribution in [0.3, 0.4) is 0 Å². The van der Waals surface area contributed by atoms with E-state index in [4.69, 9.17) is 25.8 Å². The number of ether oxygens (including phenoxy) is 3. The maximum absolute atomic E-state index is 13.2. The molecule has 0 aliphatic carbocycles. The third kappa shape index (κ3) is 5.93. The quantitative estimate of drug-likeness (QED) is 0.329. The highest BCUT2D eigenvalue weighted by molar-refractivity contribution is 6.39. The van der Waals surface area contributed by atoms with E-state index in [0.717, 1.165) is 4.90 Å². The van der Waals surface area contributed by atoms with Crippen molar-refractivity contribution in [2.75, 3.05) is 31.0 Å². The second-order valence-electron chi connectivity index (χ2n) is 7.90. The molecule has 1 fully saturated rings. The van der Waals surface area contributed by atoms with Gasteiger partial charge in [-0.25, -0.2) is 9.69 Å². The van der Waals surface area contributed by atoms with E-state index in [9.17, 15) is 19.2 Å². The average molecular weight is 536 g/mol. The van der Waals surface area contributed by atoms with E-state index in [2.05, 4.69) is 10.6 Å². The van der Waals surface area contributed by atoms with Gasteiger partial charge in [0.1, 0.15) is 22.8 Å². The van der Waals surface area contributed by atoms with E-state index in [1.54, 1.807) is 43.5 Å². The van der Waals surface area contributed by atoms with Gasteiger partial charge in [-0.05, 0) is 72.8 Å². The highest BCUT2D eigenvalue weighted by atomic mass is 35.5. The van der Waals surface area contributed by atoms with Crippen molar-refractivity contribution in [1.82, 2.24) is 5.32 Å². The molecule has 0 spiro atoms. The second kappa shape index (κ2) is 11.5. The molecule has 0 radical (unpaired) electrons. The maximum atomic E-state index is 13.2. The fourth-order valence-corrected chi connectivity index (χ4v) is 3.74. The third-order valence-corrected chi connectivity index (χ3v) is 5.67. The lowest BCUT2D eigenvalue weighted by Crippen LogP contribution is -2.54. The lowest BCUT2D eigenvalue weighted by Gasteiger charge is -2.26. The highest BCUT2D eigenvalue weighted by Gasteiger charge is 2.37. The highest BCUT2D eigenvalue weighted by Crippen LogP contribution is 2.28. The van der Waals surface area contributed by atoms with Crippen molar-refractivity contribution >= 4 is 52.8 Å². The Hall–Kier alpha value is -4.83. The van der Waals surface area contributed by atoms with Gasteiger partial charge in [-0.15, -0.1) is 0 Å². The molecule has 0 aromatic heterocycles. The minimum absolute atomic E-state index is 0.195. The van der Waals surface area contributed by atoms with Gasteiger partial charge in [0, 0.05) is 16.3 Å². The van der Waals surface area contributed by atoms with Crippen LogP contribution in [0.1, 0.15) is 5.56 Å². The molecule has 38 heavy (non-hydrogen) atoms. The first-order valence-electron chi connectivity index (χ1n) is 11.2. The Labute approximate surface area is 222 Å². The largest absolute Gasteiger partial charge is 0.497 e. The summed E-state index contributed by atoms with van der Waals surface area (Å²) in [5, 5.41) is 5.16. The summed E-state index contributed by atoms with van der Waals surface area (Å²) in [4.78, 5) is 51.5. The molecule has 1 aliphatic rings. The molecule has 4 rings (SSSR count). The Balaban J connectivity index is 1.55. The molecule has 11 heteroatoms. The Morgan fingerprint density at radius 1 is 0.947 bits per heavy atom. The van der Waals surface area contributed by atoms with Gasteiger partial charge in [0.25, 0.3) is 17.7 Å². The number of hydrogen-bond donors (Lipinski definition) is 2. The van der Waals surface area contributed by atoms with Gasteiger partial charge in [0.2, 0.25) is 0 Å². The molecule has 194 valence electrons. The van der Waals surface area contributed by atoms with E-state index < -0.39 is 23.8 Å². The first-order valence-corrected chi connectivity index (χ1v) is 11.6. The molecule has 0 atom stereocenters. The lowest BCUT2D eigenvalue weighted by molar-refractivity contribution is -0.122. The van der Waals surface area contributed by atoms with Gasteiger partial charge >= 0.3 is 6.03 Å². The van der Waals surface area contributed by atoms with Crippen LogP contribution in [0.4, 0.5) is 16.2 Å². The van der Waals surface area contributed by atoms with Crippen molar-refractivity contribution in [1.29, 1.82) is 0 Å². The van der Waals surface area contributed by atoms with Crippen molar-refractivity contribution < 1.29 is 33.4 Å². The van der Waals surface area contributed by atoms with Crippen LogP contribution in [-0.4, -0.2) is 44.6 Å². The summed E-state index contributed by atoms with van der Waals surface area (Å²) in [5.41, 5.74) is 0.725. The standard InChI is InChI=1S/C27H22ClN3O7/c1-36-20-8-4-18(5-9-20)29-24(32)15-38-23-12-3-17(28)13-16(23)14-22-25(33)30-27(35)31(26(22)34)19-6-10-21(37-2)11-7-19/h3-14H,15H2,1-2H3,(H,29,32)(H,30,33,35)/b22-14+. The first-order chi connectivity index (χ1) is 18.3. The number of carbonyl (C=O) groups excluding carboxylic acids is 4. The number of rotatable bonds is 8. The number of urea groups is 1. The Bertz CT molecular complexity index is 1420. The number of imide groups is 2. The number of barbiturate groups is 1. The van der Waals surface area contributed by atoms with Crippen LogP contribution in [0.5, 0.6) is 17.2 Å². The zero-order valence-electron chi connectivity index (χ0n) is 20.3. The molecule has 3 aromatic carbocycles. The summed E-state index contributed by atoms with van der Waals surface area (Å²) < 4.78 is 15.9. The number of methoxy groups -OCH3 is 2. The van der Waals surface area contributed by atoms with E-state index in [1.807, 2.05) is 0 Å². The van der Waals surface area contributed by atoms with Gasteiger partial charge in [-0.1, -0.05) is 11.6 Å². The smallest absolute Gasteiger partial charge is 0.335 e. The third-order valence-electron chi connectivity index (χ3n) is 5.44. The number of anilines is 2. The summed E-state index contributed by atoms with van der Waals surface area (Å²) in [7, 11) is 3.03. The van der Waals surface area contributed by atoms with Gasteiger partial charge < -0.3 is 19.5 Å². The number of nitrogens with zero attached hydrogens (tertiary/aromatic N) is 1. The lowest BCUT2D eigenvalue weighted by atomic mass is 10.1. The van der Waals surface area contributed by atoms with Gasteiger partial charge in [0.15, 0.2) is 6.61 Å². The minimum Gasteiger partial charge on any atom is -0.497 e. The van der Waals surface area contributed by atoms with Crippen molar-refractivity contribution in [3.05, 3.63) is 82.9 Å². The molecule has 1 heterocycles. The summed E-state index contributed by atoms with van der Waals surface area (Å²) in [6, 6.07) is 16.6. The van der Waals surface area contributed by atoms with Crippen LogP contribution in [0.2, 0.25) is 5.02 Å². The SMILES string of the molecule is COc1ccc(NC(=O)COc2ccc(Cl)cc2/C=C2\C(=O)NC(=O)N(c3ccc(OC)cc3)C2=O)cc1. The maximum Gasteiger partial charge on any atom is 0.335 e.